The highest BCUT2D eigenvalue weighted by atomic mass is 16.6. The van der Waals surface area contributed by atoms with Gasteiger partial charge in [-0.25, -0.2) is 19.2 Å². The van der Waals surface area contributed by atoms with Crippen molar-refractivity contribution in [3.8, 4) is 0 Å². The summed E-state index contributed by atoms with van der Waals surface area (Å²) in [4.78, 5) is 52.0. The van der Waals surface area contributed by atoms with Crippen LogP contribution in [0.3, 0.4) is 0 Å². The number of nitrogens with one attached hydrogen (secondary N) is 1. The Hall–Kier alpha value is -3.34. The zero-order chi connectivity index (χ0) is 29.3. The number of aliphatic hydroxyl groups excluding tert-OH is 1. The first-order valence-corrected chi connectivity index (χ1v) is 12.4. The molecule has 38 heavy (non-hydrogen) atoms. The van der Waals surface area contributed by atoms with E-state index in [9.17, 15) is 24.3 Å². The lowest BCUT2D eigenvalue weighted by molar-refractivity contribution is -0.152. The molecular weight excluding hydrogens is 496 g/mol. The number of aliphatic hydroxyl groups is 1. The minimum absolute atomic E-state index is 0.140. The number of ether oxygens (including phenoxy) is 4. The van der Waals surface area contributed by atoms with Gasteiger partial charge in [-0.15, -0.1) is 0 Å². The Kier molecular flexibility index (Phi) is 11.6. The van der Waals surface area contributed by atoms with Gasteiger partial charge in [-0.1, -0.05) is 30.3 Å². The Bertz CT molecular complexity index is 916. The van der Waals surface area contributed by atoms with Crippen LogP contribution in [0.4, 0.5) is 14.4 Å². The van der Waals surface area contributed by atoms with Crippen molar-refractivity contribution in [2.75, 3.05) is 6.54 Å². The SMILES string of the molecule is CC(C)(C)OC(=O)NCC(O)CC(C(=O)OCc1ccccc1)N(C(=O)OC(C)(C)C)C(=O)OC(C)(C)C. The van der Waals surface area contributed by atoms with Crippen LogP contribution in [0.15, 0.2) is 30.3 Å². The molecule has 0 saturated heterocycles. The van der Waals surface area contributed by atoms with Crippen LogP contribution in [-0.4, -0.2) is 69.7 Å². The molecule has 1 aromatic rings. The number of alkyl carbamates (subject to hydrolysis) is 1. The fraction of sp³-hybridized carbons (Fsp3) is 0.630. The van der Waals surface area contributed by atoms with Crippen molar-refractivity contribution in [3.63, 3.8) is 0 Å². The molecule has 214 valence electrons. The summed E-state index contributed by atoms with van der Waals surface area (Å²) in [6.45, 7) is 14.2. The Morgan fingerprint density at radius 2 is 1.29 bits per heavy atom. The highest BCUT2D eigenvalue weighted by molar-refractivity contribution is 5.94. The van der Waals surface area contributed by atoms with Gasteiger partial charge in [-0.05, 0) is 67.9 Å². The number of hydrogen-bond acceptors (Lipinski definition) is 9. The smallest absolute Gasteiger partial charge is 0.420 e. The van der Waals surface area contributed by atoms with Gasteiger partial charge in [0.2, 0.25) is 0 Å². The van der Waals surface area contributed by atoms with Gasteiger partial charge in [0, 0.05) is 13.0 Å². The zero-order valence-corrected chi connectivity index (χ0v) is 23.8. The first-order valence-electron chi connectivity index (χ1n) is 12.4. The molecule has 0 saturated carbocycles. The molecule has 0 aliphatic carbocycles. The molecule has 1 rings (SSSR count). The van der Waals surface area contributed by atoms with E-state index in [4.69, 9.17) is 18.9 Å². The molecule has 2 N–H and O–H groups in total. The lowest BCUT2D eigenvalue weighted by atomic mass is 10.1. The third-order valence-electron chi connectivity index (χ3n) is 4.36. The summed E-state index contributed by atoms with van der Waals surface area (Å²) in [5.41, 5.74) is -2.10. The van der Waals surface area contributed by atoms with Gasteiger partial charge in [-0.2, -0.15) is 4.90 Å². The summed E-state index contributed by atoms with van der Waals surface area (Å²) in [5.74, 6) is -0.970. The summed E-state index contributed by atoms with van der Waals surface area (Å²) in [7, 11) is 0. The predicted molar refractivity (Wildman–Crippen MR) is 139 cm³/mol. The summed E-state index contributed by atoms with van der Waals surface area (Å²) < 4.78 is 21.3. The van der Waals surface area contributed by atoms with E-state index in [0.29, 0.717) is 10.5 Å². The molecule has 2 unspecified atom stereocenters. The first-order chi connectivity index (χ1) is 17.3. The molecule has 0 bridgehead atoms. The summed E-state index contributed by atoms with van der Waals surface area (Å²) in [6, 6.07) is 7.18. The Balaban J connectivity index is 3.25. The van der Waals surface area contributed by atoms with E-state index in [2.05, 4.69) is 5.32 Å². The lowest BCUT2D eigenvalue weighted by Gasteiger charge is -2.33. The van der Waals surface area contributed by atoms with E-state index < -0.39 is 59.6 Å². The summed E-state index contributed by atoms with van der Waals surface area (Å²) in [5, 5.41) is 13.1. The van der Waals surface area contributed by atoms with Crippen molar-refractivity contribution in [1.82, 2.24) is 10.2 Å². The van der Waals surface area contributed by atoms with E-state index in [0.717, 1.165) is 0 Å². The highest BCUT2D eigenvalue weighted by Gasteiger charge is 2.42. The molecule has 0 aliphatic heterocycles. The number of benzene rings is 1. The van der Waals surface area contributed by atoms with Crippen LogP contribution in [0.2, 0.25) is 0 Å². The molecule has 0 aromatic heterocycles. The Morgan fingerprint density at radius 1 is 0.816 bits per heavy atom. The molecule has 0 spiro atoms. The van der Waals surface area contributed by atoms with Gasteiger partial charge in [0.1, 0.15) is 29.5 Å². The third kappa shape index (κ3) is 13.3. The summed E-state index contributed by atoms with van der Waals surface area (Å²) in [6.07, 6.45) is -4.93. The largest absolute Gasteiger partial charge is 0.459 e. The number of hydrogen-bond donors (Lipinski definition) is 2. The van der Waals surface area contributed by atoms with Crippen LogP contribution in [0.25, 0.3) is 0 Å². The second-order valence-electron chi connectivity index (χ2n) is 11.7. The molecule has 11 heteroatoms. The van der Waals surface area contributed by atoms with Crippen LogP contribution in [0.5, 0.6) is 0 Å². The van der Waals surface area contributed by atoms with Gasteiger partial charge in [-0.3, -0.25) is 0 Å². The number of amides is 3. The zero-order valence-electron chi connectivity index (χ0n) is 23.8. The average molecular weight is 539 g/mol. The van der Waals surface area contributed by atoms with Gasteiger partial charge in [0.15, 0.2) is 0 Å². The minimum atomic E-state index is -1.63. The predicted octanol–water partition coefficient (Wildman–Crippen LogP) is 4.55. The molecule has 0 fully saturated rings. The number of esters is 1. The van der Waals surface area contributed by atoms with Crippen LogP contribution in [0.1, 0.15) is 74.3 Å². The van der Waals surface area contributed by atoms with E-state index in [1.807, 2.05) is 0 Å². The molecule has 11 nitrogen and oxygen atoms in total. The van der Waals surface area contributed by atoms with Crippen LogP contribution < -0.4 is 5.32 Å². The van der Waals surface area contributed by atoms with Gasteiger partial charge in [0.05, 0.1) is 6.10 Å². The van der Waals surface area contributed by atoms with E-state index >= 15 is 0 Å². The second-order valence-corrected chi connectivity index (χ2v) is 11.7. The van der Waals surface area contributed by atoms with Crippen molar-refractivity contribution in [1.29, 1.82) is 0 Å². The van der Waals surface area contributed by atoms with Crippen LogP contribution in [-0.2, 0) is 30.3 Å². The number of carbonyl (C=O) groups is 4. The van der Waals surface area contributed by atoms with Crippen molar-refractivity contribution in [3.05, 3.63) is 35.9 Å². The third-order valence-corrected chi connectivity index (χ3v) is 4.36. The van der Waals surface area contributed by atoms with Gasteiger partial charge >= 0.3 is 24.2 Å². The molecule has 1 aromatic carbocycles. The molecule has 2 atom stereocenters. The Labute approximate surface area is 224 Å². The van der Waals surface area contributed by atoms with E-state index in [-0.39, 0.29) is 13.2 Å². The van der Waals surface area contributed by atoms with Crippen molar-refractivity contribution in [2.45, 2.75) is 104 Å². The monoisotopic (exact) mass is 538 g/mol. The summed E-state index contributed by atoms with van der Waals surface area (Å²) >= 11 is 0. The van der Waals surface area contributed by atoms with Crippen molar-refractivity contribution < 1.29 is 43.2 Å². The molecular formula is C27H42N2O9. The maximum absolute atomic E-state index is 13.3. The first kappa shape index (κ1) is 32.7. The fourth-order valence-corrected chi connectivity index (χ4v) is 2.94. The molecule has 0 heterocycles. The maximum Gasteiger partial charge on any atom is 0.420 e. The number of rotatable bonds is 8. The van der Waals surface area contributed by atoms with Crippen LogP contribution in [0, 0.1) is 0 Å². The minimum Gasteiger partial charge on any atom is -0.459 e. The van der Waals surface area contributed by atoms with Crippen molar-refractivity contribution in [2.24, 2.45) is 0 Å². The normalized spacial score (nSPS) is 13.5. The van der Waals surface area contributed by atoms with E-state index in [1.165, 1.54) is 0 Å². The average Bonchev–Trinajstić information content (AvgIpc) is 2.72. The van der Waals surface area contributed by atoms with Gasteiger partial charge < -0.3 is 29.4 Å². The maximum atomic E-state index is 13.3. The molecule has 3 amide bonds. The quantitative estimate of drug-likeness (QED) is 0.360. The lowest BCUT2D eigenvalue weighted by Crippen LogP contribution is -2.54. The number of imide groups is 1. The number of nitrogens with zero attached hydrogens (tertiary/aromatic N) is 1. The molecule has 0 aliphatic rings. The van der Waals surface area contributed by atoms with Crippen LogP contribution >= 0.6 is 0 Å². The highest BCUT2D eigenvalue weighted by Crippen LogP contribution is 2.21. The standard InChI is InChI=1S/C27H42N2O9/c1-25(2,3)36-22(32)28-16-19(30)15-20(21(31)35-17-18-13-11-10-12-14-18)29(23(33)37-26(4,5)6)24(34)38-27(7,8)9/h10-14,19-20,30H,15-17H2,1-9H3,(H,28,32). The molecule has 0 radical (unpaired) electrons. The second kappa shape index (κ2) is 13.5. The Morgan fingerprint density at radius 3 is 1.74 bits per heavy atom. The van der Waals surface area contributed by atoms with E-state index in [1.54, 1.807) is 92.6 Å². The van der Waals surface area contributed by atoms with Gasteiger partial charge in [0.25, 0.3) is 0 Å². The van der Waals surface area contributed by atoms with Crippen molar-refractivity contribution >= 4 is 24.2 Å². The topological polar surface area (TPSA) is 141 Å². The fourth-order valence-electron chi connectivity index (χ4n) is 2.94. The number of carbonyl (C=O) groups excluding carboxylic acids is 4.